The number of aromatic nitrogens is 4. The number of benzene rings is 2. The lowest BCUT2D eigenvalue weighted by atomic mass is 10.2. The third-order valence-electron chi connectivity index (χ3n) is 5.06. The topological polar surface area (TPSA) is 82.9 Å². The molecule has 9 heteroatoms. The molecule has 31 heavy (non-hydrogen) atoms. The van der Waals surface area contributed by atoms with Crippen LogP contribution in [0.3, 0.4) is 0 Å². The van der Waals surface area contributed by atoms with Crippen LogP contribution in [0.2, 0.25) is 0 Å². The molecule has 0 N–H and O–H groups in total. The molecule has 0 aliphatic rings. The van der Waals surface area contributed by atoms with Gasteiger partial charge < -0.3 is 4.52 Å². The van der Waals surface area contributed by atoms with E-state index in [1.807, 2.05) is 0 Å². The molecule has 0 amide bonds. The summed E-state index contributed by atoms with van der Waals surface area (Å²) < 4.78 is 21.9. The van der Waals surface area contributed by atoms with Gasteiger partial charge in [0.15, 0.2) is 0 Å². The van der Waals surface area contributed by atoms with E-state index in [1.165, 1.54) is 15.2 Å². The number of fused-ring (bicyclic) bond motifs is 1. The van der Waals surface area contributed by atoms with E-state index in [9.17, 15) is 14.0 Å². The second-order valence-electron chi connectivity index (χ2n) is 7.19. The number of halogens is 2. The van der Waals surface area contributed by atoms with Crippen LogP contribution in [0.15, 0.2) is 61.0 Å². The molecule has 0 unspecified atom stereocenters. The summed E-state index contributed by atoms with van der Waals surface area (Å²) in [4.78, 5) is 30.4. The fraction of sp³-hybridized carbons (Fsp3) is 0.273. The molecule has 160 valence electrons. The van der Waals surface area contributed by atoms with Crippen molar-refractivity contribution in [2.45, 2.75) is 39.3 Å². The zero-order chi connectivity index (χ0) is 22.0. The standard InChI is InChI=1S/C22H20BrFN4O3/c1-2-3-6-11-27-21(29)15-7-4-5-8-18(15)28(22(27)30)13-19-25-20(26-31-19)14-9-10-17(24)16(23)12-14/h4-5,7-10,12H,2-3,6,11,13H2,1H3. The molecule has 2 aromatic heterocycles. The first kappa shape index (κ1) is 21.2. The van der Waals surface area contributed by atoms with Crippen molar-refractivity contribution >= 4 is 26.8 Å². The Labute approximate surface area is 185 Å². The summed E-state index contributed by atoms with van der Waals surface area (Å²) in [5, 5.41) is 4.41. The molecular formula is C22H20BrFN4O3. The Bertz CT molecular complexity index is 1360. The van der Waals surface area contributed by atoms with E-state index in [-0.39, 0.29) is 28.3 Å². The first-order valence-corrected chi connectivity index (χ1v) is 10.8. The van der Waals surface area contributed by atoms with Gasteiger partial charge in [-0.2, -0.15) is 4.98 Å². The molecule has 2 aromatic carbocycles. The predicted octanol–water partition coefficient (Wildman–Crippen LogP) is 4.35. The minimum absolute atomic E-state index is 0.0166. The Morgan fingerprint density at radius 2 is 1.90 bits per heavy atom. The highest BCUT2D eigenvalue weighted by molar-refractivity contribution is 9.10. The zero-order valence-corrected chi connectivity index (χ0v) is 18.4. The van der Waals surface area contributed by atoms with E-state index < -0.39 is 11.5 Å². The number of rotatable bonds is 7. The van der Waals surface area contributed by atoms with Gasteiger partial charge >= 0.3 is 5.69 Å². The minimum Gasteiger partial charge on any atom is -0.337 e. The third kappa shape index (κ3) is 4.23. The van der Waals surface area contributed by atoms with Gasteiger partial charge in [0.05, 0.1) is 15.4 Å². The van der Waals surface area contributed by atoms with Gasteiger partial charge in [0.25, 0.3) is 5.56 Å². The molecule has 0 aliphatic heterocycles. The summed E-state index contributed by atoms with van der Waals surface area (Å²) in [6.07, 6.45) is 2.66. The lowest BCUT2D eigenvalue weighted by Crippen LogP contribution is -2.40. The number of hydrogen-bond donors (Lipinski definition) is 0. The Morgan fingerprint density at radius 3 is 2.68 bits per heavy atom. The second-order valence-corrected chi connectivity index (χ2v) is 8.04. The van der Waals surface area contributed by atoms with E-state index in [2.05, 4.69) is 33.0 Å². The highest BCUT2D eigenvalue weighted by Gasteiger charge is 2.16. The van der Waals surface area contributed by atoms with E-state index in [0.717, 1.165) is 19.3 Å². The minimum atomic E-state index is -0.413. The first-order valence-electron chi connectivity index (χ1n) is 10.00. The summed E-state index contributed by atoms with van der Waals surface area (Å²) >= 11 is 3.14. The molecule has 0 radical (unpaired) electrons. The van der Waals surface area contributed by atoms with Gasteiger partial charge in [-0.3, -0.25) is 13.9 Å². The highest BCUT2D eigenvalue weighted by atomic mass is 79.9. The Kier molecular flexibility index (Phi) is 6.13. The molecule has 4 rings (SSSR count). The maximum Gasteiger partial charge on any atom is 0.331 e. The molecule has 0 bridgehead atoms. The van der Waals surface area contributed by atoms with Crippen LogP contribution in [0.25, 0.3) is 22.3 Å². The Hall–Kier alpha value is -3.07. The fourth-order valence-electron chi connectivity index (χ4n) is 3.45. The highest BCUT2D eigenvalue weighted by Crippen LogP contribution is 2.23. The summed E-state index contributed by atoms with van der Waals surface area (Å²) in [5.41, 5.74) is 0.373. The molecule has 0 aliphatic carbocycles. The van der Waals surface area contributed by atoms with Crippen molar-refractivity contribution < 1.29 is 8.91 Å². The van der Waals surface area contributed by atoms with Crippen molar-refractivity contribution in [3.63, 3.8) is 0 Å². The van der Waals surface area contributed by atoms with E-state index in [0.29, 0.717) is 23.0 Å². The summed E-state index contributed by atoms with van der Waals surface area (Å²) in [6, 6.07) is 11.4. The average molecular weight is 487 g/mol. The number of hydrogen-bond acceptors (Lipinski definition) is 5. The van der Waals surface area contributed by atoms with Crippen LogP contribution >= 0.6 is 15.9 Å². The number of unbranched alkanes of at least 4 members (excludes halogenated alkanes) is 2. The number of nitrogens with zero attached hydrogens (tertiary/aromatic N) is 4. The van der Waals surface area contributed by atoms with Gasteiger partial charge in [0, 0.05) is 12.1 Å². The Morgan fingerprint density at radius 1 is 1.10 bits per heavy atom. The van der Waals surface area contributed by atoms with Crippen LogP contribution in [-0.2, 0) is 13.1 Å². The van der Waals surface area contributed by atoms with E-state index in [1.54, 1.807) is 36.4 Å². The monoisotopic (exact) mass is 486 g/mol. The third-order valence-corrected chi connectivity index (χ3v) is 5.66. The normalized spacial score (nSPS) is 11.3. The van der Waals surface area contributed by atoms with Gasteiger partial charge in [-0.15, -0.1) is 0 Å². The van der Waals surface area contributed by atoms with E-state index in [4.69, 9.17) is 4.52 Å². The summed E-state index contributed by atoms with van der Waals surface area (Å²) in [5.74, 6) is 0.0987. The van der Waals surface area contributed by atoms with Crippen LogP contribution in [-0.4, -0.2) is 19.3 Å². The predicted molar refractivity (Wildman–Crippen MR) is 118 cm³/mol. The SMILES string of the molecule is CCCCCn1c(=O)c2ccccc2n(Cc2nc(-c3ccc(F)c(Br)c3)no2)c1=O. The van der Waals surface area contributed by atoms with Crippen molar-refractivity contribution in [2.24, 2.45) is 0 Å². The smallest absolute Gasteiger partial charge is 0.331 e. The van der Waals surface area contributed by atoms with Crippen LogP contribution in [0.1, 0.15) is 32.1 Å². The van der Waals surface area contributed by atoms with Gasteiger partial charge in [-0.25, -0.2) is 9.18 Å². The van der Waals surface area contributed by atoms with Crippen LogP contribution < -0.4 is 11.2 Å². The van der Waals surface area contributed by atoms with Gasteiger partial charge in [-0.05, 0) is 52.7 Å². The molecule has 0 saturated carbocycles. The quantitative estimate of drug-likeness (QED) is 0.362. The Balaban J connectivity index is 1.74. The molecule has 2 heterocycles. The molecule has 7 nitrogen and oxygen atoms in total. The molecule has 0 atom stereocenters. The lowest BCUT2D eigenvalue weighted by Gasteiger charge is -2.12. The number of para-hydroxylation sites is 1. The summed E-state index contributed by atoms with van der Waals surface area (Å²) in [6.45, 7) is 2.44. The summed E-state index contributed by atoms with van der Waals surface area (Å²) in [7, 11) is 0. The maximum atomic E-state index is 13.5. The van der Waals surface area contributed by atoms with Crippen molar-refractivity contribution in [1.82, 2.24) is 19.3 Å². The van der Waals surface area contributed by atoms with Crippen LogP contribution in [0.4, 0.5) is 4.39 Å². The molecular weight excluding hydrogens is 467 g/mol. The molecule has 0 spiro atoms. The van der Waals surface area contributed by atoms with E-state index >= 15 is 0 Å². The van der Waals surface area contributed by atoms with Gasteiger partial charge in [-0.1, -0.05) is 37.1 Å². The van der Waals surface area contributed by atoms with Crippen molar-refractivity contribution in [1.29, 1.82) is 0 Å². The lowest BCUT2D eigenvalue weighted by molar-refractivity contribution is 0.369. The first-order chi connectivity index (χ1) is 15.0. The zero-order valence-electron chi connectivity index (χ0n) is 16.8. The van der Waals surface area contributed by atoms with Crippen molar-refractivity contribution in [2.75, 3.05) is 0 Å². The van der Waals surface area contributed by atoms with Crippen molar-refractivity contribution in [3.8, 4) is 11.4 Å². The molecule has 0 fully saturated rings. The van der Waals surface area contributed by atoms with Gasteiger partial charge in [0.1, 0.15) is 12.4 Å². The van der Waals surface area contributed by atoms with Crippen LogP contribution in [0.5, 0.6) is 0 Å². The largest absolute Gasteiger partial charge is 0.337 e. The maximum absolute atomic E-state index is 13.5. The average Bonchev–Trinajstić information content (AvgIpc) is 3.24. The molecule has 4 aromatic rings. The van der Waals surface area contributed by atoms with Gasteiger partial charge in [0.2, 0.25) is 11.7 Å². The fourth-order valence-corrected chi connectivity index (χ4v) is 3.83. The second kappa shape index (κ2) is 8.97. The van der Waals surface area contributed by atoms with Crippen LogP contribution in [0, 0.1) is 5.82 Å². The molecule has 0 saturated heterocycles. The van der Waals surface area contributed by atoms with Crippen molar-refractivity contribution in [3.05, 3.63) is 79.5 Å².